The molecule has 1 aliphatic rings. The maximum absolute atomic E-state index is 5.11. The fourth-order valence-electron chi connectivity index (χ4n) is 0.853. The SMILES string of the molecule is C1=NN(c2cccnc2)OC1. The van der Waals surface area contributed by atoms with E-state index in [-0.39, 0.29) is 0 Å². The lowest BCUT2D eigenvalue weighted by atomic mass is 10.4. The van der Waals surface area contributed by atoms with E-state index in [1.807, 2.05) is 12.1 Å². The molecule has 0 aliphatic carbocycles. The van der Waals surface area contributed by atoms with Crippen LogP contribution in [0.2, 0.25) is 0 Å². The van der Waals surface area contributed by atoms with E-state index in [1.54, 1.807) is 18.6 Å². The molecule has 0 radical (unpaired) electrons. The number of aromatic nitrogens is 1. The molecule has 0 saturated heterocycles. The number of pyridine rings is 1. The lowest BCUT2D eigenvalue weighted by Gasteiger charge is -2.10. The molecule has 0 spiro atoms. The van der Waals surface area contributed by atoms with Crippen molar-refractivity contribution in [2.75, 3.05) is 11.8 Å². The molecule has 0 unspecified atom stereocenters. The van der Waals surface area contributed by atoms with Gasteiger partial charge in [0.15, 0.2) is 0 Å². The van der Waals surface area contributed by atoms with Crippen LogP contribution in [0.15, 0.2) is 29.6 Å². The third-order valence-electron chi connectivity index (χ3n) is 1.32. The minimum atomic E-state index is 0.537. The molecular weight excluding hydrogens is 142 g/mol. The summed E-state index contributed by atoms with van der Waals surface area (Å²) in [4.78, 5) is 9.04. The van der Waals surface area contributed by atoms with Gasteiger partial charge in [-0.2, -0.15) is 5.10 Å². The molecular formula is C7H7N3O. The molecule has 4 nitrogen and oxygen atoms in total. The van der Waals surface area contributed by atoms with E-state index < -0.39 is 0 Å². The van der Waals surface area contributed by atoms with Crippen LogP contribution in [0.1, 0.15) is 0 Å². The highest BCUT2D eigenvalue weighted by Gasteiger charge is 2.07. The summed E-state index contributed by atoms with van der Waals surface area (Å²) in [7, 11) is 0. The molecule has 11 heavy (non-hydrogen) atoms. The Kier molecular flexibility index (Phi) is 1.53. The van der Waals surface area contributed by atoms with Crippen LogP contribution < -0.4 is 5.17 Å². The van der Waals surface area contributed by atoms with Crippen molar-refractivity contribution in [3.8, 4) is 0 Å². The average Bonchev–Trinajstić information content (AvgIpc) is 2.58. The monoisotopic (exact) mass is 149 g/mol. The molecule has 56 valence electrons. The van der Waals surface area contributed by atoms with E-state index in [2.05, 4.69) is 10.1 Å². The van der Waals surface area contributed by atoms with E-state index in [1.165, 1.54) is 5.17 Å². The summed E-state index contributed by atoms with van der Waals surface area (Å²) in [5.41, 5.74) is 0.848. The first-order chi connectivity index (χ1) is 5.47. The summed E-state index contributed by atoms with van der Waals surface area (Å²) in [5, 5.41) is 5.40. The van der Waals surface area contributed by atoms with Gasteiger partial charge in [-0.1, -0.05) is 0 Å². The van der Waals surface area contributed by atoms with E-state index in [0.29, 0.717) is 6.61 Å². The molecule has 1 aromatic heterocycles. The zero-order valence-corrected chi connectivity index (χ0v) is 5.84. The topological polar surface area (TPSA) is 37.7 Å². The third-order valence-corrected chi connectivity index (χ3v) is 1.32. The summed E-state index contributed by atoms with van der Waals surface area (Å²) in [5.74, 6) is 0. The van der Waals surface area contributed by atoms with Crippen molar-refractivity contribution in [1.82, 2.24) is 4.98 Å². The van der Waals surface area contributed by atoms with Crippen LogP contribution in [-0.4, -0.2) is 17.8 Å². The van der Waals surface area contributed by atoms with E-state index in [9.17, 15) is 0 Å². The Morgan fingerprint density at radius 1 is 1.55 bits per heavy atom. The Balaban J connectivity index is 2.23. The van der Waals surface area contributed by atoms with Gasteiger partial charge in [0.2, 0.25) is 0 Å². The smallest absolute Gasteiger partial charge is 0.114 e. The average molecular weight is 149 g/mol. The van der Waals surface area contributed by atoms with Crippen molar-refractivity contribution in [2.24, 2.45) is 5.10 Å². The number of hydrazone groups is 1. The van der Waals surface area contributed by atoms with Gasteiger partial charge < -0.3 is 0 Å². The lowest BCUT2D eigenvalue weighted by Crippen LogP contribution is -2.10. The second kappa shape index (κ2) is 2.67. The molecule has 4 heteroatoms. The Bertz CT molecular complexity index is 260. The molecule has 0 saturated carbocycles. The fraction of sp³-hybridized carbons (Fsp3) is 0.143. The van der Waals surface area contributed by atoms with Gasteiger partial charge in [0.1, 0.15) is 12.3 Å². The number of nitrogens with zero attached hydrogens (tertiary/aromatic N) is 3. The third kappa shape index (κ3) is 1.20. The van der Waals surface area contributed by atoms with Gasteiger partial charge in [0, 0.05) is 6.20 Å². The largest absolute Gasteiger partial charge is 0.262 e. The summed E-state index contributed by atoms with van der Waals surface area (Å²) >= 11 is 0. The van der Waals surface area contributed by atoms with E-state index in [0.717, 1.165) is 5.69 Å². The standard InChI is InChI=1S/C7H7N3O/c1-2-7(6-8-3-1)10-9-4-5-11-10/h1-4,6H,5H2. The molecule has 0 amide bonds. The number of hydrogen-bond donors (Lipinski definition) is 0. The van der Waals surface area contributed by atoms with Gasteiger partial charge >= 0.3 is 0 Å². The maximum atomic E-state index is 5.11. The van der Waals surface area contributed by atoms with Gasteiger partial charge in [0.05, 0.1) is 12.4 Å². The molecule has 0 atom stereocenters. The molecule has 2 rings (SSSR count). The summed E-state index contributed by atoms with van der Waals surface area (Å²) < 4.78 is 0. The predicted octanol–water partition coefficient (Wildman–Crippen LogP) is 0.819. The zero-order valence-electron chi connectivity index (χ0n) is 5.84. The van der Waals surface area contributed by atoms with Crippen molar-refractivity contribution in [3.05, 3.63) is 24.5 Å². The normalized spacial score (nSPS) is 15.8. The van der Waals surface area contributed by atoms with Crippen LogP contribution in [0.4, 0.5) is 5.69 Å². The minimum Gasteiger partial charge on any atom is -0.262 e. The second-order valence-electron chi connectivity index (χ2n) is 2.08. The number of hydrogen-bond acceptors (Lipinski definition) is 4. The summed E-state index contributed by atoms with van der Waals surface area (Å²) in [6, 6.07) is 3.72. The van der Waals surface area contributed by atoms with Crippen LogP contribution in [-0.2, 0) is 4.84 Å². The second-order valence-corrected chi connectivity index (χ2v) is 2.08. The summed E-state index contributed by atoms with van der Waals surface area (Å²) in [6.07, 6.45) is 5.11. The zero-order chi connectivity index (χ0) is 7.52. The van der Waals surface area contributed by atoms with Crippen LogP contribution in [0, 0.1) is 0 Å². The maximum Gasteiger partial charge on any atom is 0.114 e. The molecule has 2 heterocycles. The van der Waals surface area contributed by atoms with Crippen molar-refractivity contribution >= 4 is 11.9 Å². The minimum absolute atomic E-state index is 0.537. The Hall–Kier alpha value is -1.42. The van der Waals surface area contributed by atoms with Crippen LogP contribution in [0.25, 0.3) is 0 Å². The molecule has 0 bridgehead atoms. The van der Waals surface area contributed by atoms with Crippen molar-refractivity contribution in [1.29, 1.82) is 0 Å². The fourth-order valence-corrected chi connectivity index (χ4v) is 0.853. The number of rotatable bonds is 1. The first kappa shape index (κ1) is 6.30. The lowest BCUT2D eigenvalue weighted by molar-refractivity contribution is 0.166. The quantitative estimate of drug-likeness (QED) is 0.593. The van der Waals surface area contributed by atoms with Gasteiger partial charge in [-0.3, -0.25) is 4.98 Å². The molecule has 0 N–H and O–H groups in total. The first-order valence-corrected chi connectivity index (χ1v) is 3.32. The van der Waals surface area contributed by atoms with Crippen LogP contribution in [0.5, 0.6) is 0 Å². The van der Waals surface area contributed by atoms with Crippen molar-refractivity contribution in [2.45, 2.75) is 0 Å². The molecule has 0 aromatic carbocycles. The summed E-state index contributed by atoms with van der Waals surface area (Å²) in [6.45, 7) is 0.537. The Morgan fingerprint density at radius 2 is 2.55 bits per heavy atom. The Morgan fingerprint density at radius 3 is 3.18 bits per heavy atom. The molecule has 1 aliphatic heterocycles. The van der Waals surface area contributed by atoms with Crippen LogP contribution in [0.3, 0.4) is 0 Å². The van der Waals surface area contributed by atoms with Gasteiger partial charge in [-0.25, -0.2) is 4.84 Å². The predicted molar refractivity (Wildman–Crippen MR) is 41.2 cm³/mol. The van der Waals surface area contributed by atoms with Gasteiger partial charge in [-0.05, 0) is 12.1 Å². The van der Waals surface area contributed by atoms with Crippen LogP contribution >= 0.6 is 0 Å². The van der Waals surface area contributed by atoms with Crippen molar-refractivity contribution in [3.63, 3.8) is 0 Å². The highest BCUT2D eigenvalue weighted by molar-refractivity contribution is 5.63. The highest BCUT2D eigenvalue weighted by Crippen LogP contribution is 2.13. The molecule has 0 fully saturated rings. The Labute approximate surface area is 64.1 Å². The van der Waals surface area contributed by atoms with E-state index in [4.69, 9.17) is 4.84 Å². The van der Waals surface area contributed by atoms with E-state index >= 15 is 0 Å². The molecule has 1 aromatic rings. The highest BCUT2D eigenvalue weighted by atomic mass is 16.7. The van der Waals surface area contributed by atoms with Gasteiger partial charge in [0.25, 0.3) is 0 Å². The van der Waals surface area contributed by atoms with Gasteiger partial charge in [-0.15, -0.1) is 5.17 Å². The first-order valence-electron chi connectivity index (χ1n) is 3.32. The number of anilines is 1. The van der Waals surface area contributed by atoms with Crippen molar-refractivity contribution < 1.29 is 4.84 Å².